The lowest BCUT2D eigenvalue weighted by Gasteiger charge is -2.02. The molecular formula is C10H4BrClN2. The molecule has 0 unspecified atom stereocenters. The first kappa shape index (κ1) is 9.45. The Kier molecular flexibility index (Phi) is 2.40. The molecule has 0 spiro atoms. The standard InChI is InChI=1S/C10H4BrClN2/c11-9-6(4-13)5-14-10-7(9)2-1-3-8(10)12/h1-3,5H. The summed E-state index contributed by atoms with van der Waals surface area (Å²) in [5, 5.41) is 10.2. The van der Waals surface area contributed by atoms with Crippen molar-refractivity contribution >= 4 is 38.4 Å². The van der Waals surface area contributed by atoms with Gasteiger partial charge < -0.3 is 0 Å². The van der Waals surface area contributed by atoms with Crippen molar-refractivity contribution in [3.8, 4) is 6.07 Å². The Bertz CT molecular complexity index is 546. The number of aromatic nitrogens is 1. The maximum Gasteiger partial charge on any atom is 0.102 e. The molecule has 2 nitrogen and oxygen atoms in total. The van der Waals surface area contributed by atoms with Crippen LogP contribution in [-0.2, 0) is 0 Å². The van der Waals surface area contributed by atoms with Crippen LogP contribution >= 0.6 is 27.5 Å². The van der Waals surface area contributed by atoms with Crippen LogP contribution in [0.15, 0.2) is 28.9 Å². The molecule has 1 aromatic heterocycles. The molecule has 0 aliphatic rings. The Balaban J connectivity index is 2.92. The Morgan fingerprint density at radius 3 is 2.93 bits per heavy atom. The first-order chi connectivity index (χ1) is 6.74. The lowest BCUT2D eigenvalue weighted by atomic mass is 10.2. The van der Waals surface area contributed by atoms with Gasteiger partial charge in [0.1, 0.15) is 6.07 Å². The third kappa shape index (κ3) is 1.37. The fourth-order valence-electron chi connectivity index (χ4n) is 1.23. The number of nitrogens with zero attached hydrogens (tertiary/aromatic N) is 2. The van der Waals surface area contributed by atoms with Crippen LogP contribution in [-0.4, -0.2) is 4.98 Å². The first-order valence-corrected chi connectivity index (χ1v) is 5.04. The summed E-state index contributed by atoms with van der Waals surface area (Å²) in [5.41, 5.74) is 1.22. The molecule has 0 aliphatic heterocycles. The van der Waals surface area contributed by atoms with Crippen LogP contribution in [0.25, 0.3) is 10.9 Å². The van der Waals surface area contributed by atoms with Gasteiger partial charge in [0.15, 0.2) is 0 Å². The number of fused-ring (bicyclic) bond motifs is 1. The van der Waals surface area contributed by atoms with Gasteiger partial charge in [-0.25, -0.2) is 0 Å². The van der Waals surface area contributed by atoms with E-state index in [2.05, 4.69) is 27.0 Å². The van der Waals surface area contributed by atoms with Gasteiger partial charge in [-0.1, -0.05) is 23.7 Å². The second-order valence-corrected chi connectivity index (χ2v) is 3.93. The van der Waals surface area contributed by atoms with Gasteiger partial charge in [0.05, 0.1) is 16.1 Å². The number of hydrogen-bond donors (Lipinski definition) is 0. The predicted octanol–water partition coefficient (Wildman–Crippen LogP) is 3.52. The summed E-state index contributed by atoms with van der Waals surface area (Å²) in [5.74, 6) is 0. The zero-order valence-electron chi connectivity index (χ0n) is 6.96. The van der Waals surface area contributed by atoms with Crippen molar-refractivity contribution in [2.45, 2.75) is 0 Å². The normalized spacial score (nSPS) is 10.1. The van der Waals surface area contributed by atoms with Crippen LogP contribution in [0, 0.1) is 11.3 Å². The van der Waals surface area contributed by atoms with Crippen molar-refractivity contribution in [2.75, 3.05) is 0 Å². The molecule has 4 heteroatoms. The van der Waals surface area contributed by atoms with Crippen LogP contribution < -0.4 is 0 Å². The number of halogens is 2. The van der Waals surface area contributed by atoms with Crippen molar-refractivity contribution in [3.05, 3.63) is 39.5 Å². The van der Waals surface area contributed by atoms with Gasteiger partial charge in [-0.3, -0.25) is 4.98 Å². The number of para-hydroxylation sites is 1. The van der Waals surface area contributed by atoms with Gasteiger partial charge in [-0.2, -0.15) is 5.26 Å². The van der Waals surface area contributed by atoms with Crippen LogP contribution in [0.3, 0.4) is 0 Å². The lowest BCUT2D eigenvalue weighted by molar-refractivity contribution is 1.36. The summed E-state index contributed by atoms with van der Waals surface area (Å²) in [4.78, 5) is 4.13. The van der Waals surface area contributed by atoms with E-state index in [1.165, 1.54) is 6.20 Å². The van der Waals surface area contributed by atoms with E-state index in [0.717, 1.165) is 9.86 Å². The number of benzene rings is 1. The maximum absolute atomic E-state index is 8.79. The monoisotopic (exact) mass is 266 g/mol. The molecule has 0 radical (unpaired) electrons. The molecule has 1 heterocycles. The van der Waals surface area contributed by atoms with E-state index in [1.54, 1.807) is 6.07 Å². The Morgan fingerprint density at radius 1 is 1.43 bits per heavy atom. The molecule has 0 fully saturated rings. The van der Waals surface area contributed by atoms with E-state index in [1.807, 2.05) is 12.1 Å². The third-order valence-electron chi connectivity index (χ3n) is 1.90. The number of pyridine rings is 1. The molecule has 68 valence electrons. The van der Waals surface area contributed by atoms with Crippen molar-refractivity contribution in [2.24, 2.45) is 0 Å². The van der Waals surface area contributed by atoms with E-state index in [4.69, 9.17) is 16.9 Å². The Labute approximate surface area is 94.3 Å². The highest BCUT2D eigenvalue weighted by molar-refractivity contribution is 9.10. The smallest absolute Gasteiger partial charge is 0.102 e. The molecule has 0 amide bonds. The van der Waals surface area contributed by atoms with Gasteiger partial charge in [0.25, 0.3) is 0 Å². The van der Waals surface area contributed by atoms with Crippen molar-refractivity contribution in [3.63, 3.8) is 0 Å². The summed E-state index contributed by atoms with van der Waals surface area (Å²) in [6.45, 7) is 0. The molecule has 0 atom stereocenters. The van der Waals surface area contributed by atoms with Crippen LogP contribution in [0.1, 0.15) is 5.56 Å². The number of rotatable bonds is 0. The highest BCUT2D eigenvalue weighted by Gasteiger charge is 2.07. The minimum Gasteiger partial charge on any atom is -0.253 e. The lowest BCUT2D eigenvalue weighted by Crippen LogP contribution is -1.85. The molecule has 2 rings (SSSR count). The van der Waals surface area contributed by atoms with Gasteiger partial charge >= 0.3 is 0 Å². The van der Waals surface area contributed by atoms with Gasteiger partial charge in [0, 0.05) is 16.1 Å². The first-order valence-electron chi connectivity index (χ1n) is 3.87. The molecular weight excluding hydrogens is 263 g/mol. The highest BCUT2D eigenvalue weighted by Crippen LogP contribution is 2.29. The molecule has 1 aromatic carbocycles. The number of nitriles is 1. The van der Waals surface area contributed by atoms with E-state index in [9.17, 15) is 0 Å². The van der Waals surface area contributed by atoms with Crippen LogP contribution in [0.2, 0.25) is 5.02 Å². The Morgan fingerprint density at radius 2 is 2.21 bits per heavy atom. The number of hydrogen-bond acceptors (Lipinski definition) is 2. The second-order valence-electron chi connectivity index (χ2n) is 2.73. The summed E-state index contributed by atoms with van der Waals surface area (Å²) in [7, 11) is 0. The van der Waals surface area contributed by atoms with E-state index < -0.39 is 0 Å². The zero-order valence-corrected chi connectivity index (χ0v) is 9.30. The molecule has 0 aliphatic carbocycles. The summed E-state index contributed by atoms with van der Waals surface area (Å²) < 4.78 is 0.743. The SMILES string of the molecule is N#Cc1cnc2c(Cl)cccc2c1Br. The topological polar surface area (TPSA) is 36.7 Å². The molecule has 14 heavy (non-hydrogen) atoms. The van der Waals surface area contributed by atoms with Crippen LogP contribution in [0.4, 0.5) is 0 Å². The molecule has 0 bridgehead atoms. The van der Waals surface area contributed by atoms with E-state index in [0.29, 0.717) is 16.1 Å². The van der Waals surface area contributed by atoms with E-state index in [-0.39, 0.29) is 0 Å². The summed E-state index contributed by atoms with van der Waals surface area (Å²) in [6, 6.07) is 7.53. The van der Waals surface area contributed by atoms with E-state index >= 15 is 0 Å². The maximum atomic E-state index is 8.79. The molecule has 0 saturated heterocycles. The quantitative estimate of drug-likeness (QED) is 0.732. The second kappa shape index (κ2) is 3.56. The van der Waals surface area contributed by atoms with Gasteiger partial charge in [0.2, 0.25) is 0 Å². The van der Waals surface area contributed by atoms with Gasteiger partial charge in [-0.05, 0) is 22.0 Å². The molecule has 2 aromatic rings. The third-order valence-corrected chi connectivity index (χ3v) is 3.06. The highest BCUT2D eigenvalue weighted by atomic mass is 79.9. The predicted molar refractivity (Wildman–Crippen MR) is 59.2 cm³/mol. The largest absolute Gasteiger partial charge is 0.253 e. The summed E-state index contributed by atoms with van der Waals surface area (Å²) >= 11 is 9.31. The fraction of sp³-hybridized carbons (Fsp3) is 0. The zero-order chi connectivity index (χ0) is 10.1. The van der Waals surface area contributed by atoms with Crippen LogP contribution in [0.5, 0.6) is 0 Å². The van der Waals surface area contributed by atoms with Gasteiger partial charge in [-0.15, -0.1) is 0 Å². The molecule has 0 N–H and O–H groups in total. The minimum absolute atomic E-state index is 0.514. The van der Waals surface area contributed by atoms with Crippen molar-refractivity contribution in [1.29, 1.82) is 5.26 Å². The minimum atomic E-state index is 0.514. The fourth-order valence-corrected chi connectivity index (χ4v) is 1.97. The Hall–Kier alpha value is -1.11. The summed E-state index contributed by atoms with van der Waals surface area (Å²) in [6.07, 6.45) is 1.51. The average molecular weight is 268 g/mol. The average Bonchev–Trinajstić information content (AvgIpc) is 2.20. The van der Waals surface area contributed by atoms with Crippen molar-refractivity contribution < 1.29 is 0 Å². The molecule has 0 saturated carbocycles. The van der Waals surface area contributed by atoms with Crippen molar-refractivity contribution in [1.82, 2.24) is 4.98 Å².